The quantitative estimate of drug-likeness (QED) is 0.289. The number of anilines is 1. The lowest BCUT2D eigenvalue weighted by molar-refractivity contribution is -0.140. The van der Waals surface area contributed by atoms with Gasteiger partial charge in [0.15, 0.2) is 0 Å². The molecule has 8 nitrogen and oxygen atoms in total. The lowest BCUT2D eigenvalue weighted by atomic mass is 10.1. The minimum atomic E-state index is -4.09. The molecule has 0 heterocycles. The summed E-state index contributed by atoms with van der Waals surface area (Å²) in [4.78, 5) is 29.0. The molecule has 0 unspecified atom stereocenters. The monoisotopic (exact) mass is 579 g/mol. The van der Waals surface area contributed by atoms with Crippen molar-refractivity contribution in [3.8, 4) is 5.75 Å². The van der Waals surface area contributed by atoms with Gasteiger partial charge in [0.05, 0.1) is 17.7 Å². The first-order chi connectivity index (χ1) is 19.6. The number of nitrogens with zero attached hydrogens (tertiary/aromatic N) is 2. The van der Waals surface area contributed by atoms with Crippen LogP contribution < -0.4 is 14.4 Å². The van der Waals surface area contributed by atoms with E-state index in [-0.39, 0.29) is 23.3 Å². The summed E-state index contributed by atoms with van der Waals surface area (Å²) in [5.74, 6) is 0.0914. The highest BCUT2D eigenvalue weighted by molar-refractivity contribution is 7.92. The van der Waals surface area contributed by atoms with Crippen LogP contribution in [0.3, 0.4) is 0 Å². The Balaban J connectivity index is 2.05. The summed E-state index contributed by atoms with van der Waals surface area (Å²) in [6.45, 7) is 7.95. The van der Waals surface area contributed by atoms with Crippen molar-refractivity contribution in [3.05, 3.63) is 90.0 Å². The van der Waals surface area contributed by atoms with Crippen LogP contribution in [0.15, 0.2) is 83.8 Å². The van der Waals surface area contributed by atoms with Crippen molar-refractivity contribution < 1.29 is 22.7 Å². The van der Waals surface area contributed by atoms with E-state index in [4.69, 9.17) is 4.74 Å². The van der Waals surface area contributed by atoms with Gasteiger partial charge in [0.2, 0.25) is 11.8 Å². The molecular weight excluding hydrogens is 538 g/mol. The number of amides is 2. The van der Waals surface area contributed by atoms with Crippen LogP contribution in [-0.2, 0) is 32.6 Å². The van der Waals surface area contributed by atoms with E-state index in [0.717, 1.165) is 21.9 Å². The van der Waals surface area contributed by atoms with Gasteiger partial charge < -0.3 is 15.0 Å². The van der Waals surface area contributed by atoms with Crippen molar-refractivity contribution in [2.45, 2.75) is 58.0 Å². The normalized spacial score (nSPS) is 12.0. The topological polar surface area (TPSA) is 96.0 Å². The van der Waals surface area contributed by atoms with Gasteiger partial charge in [-0.15, -0.1) is 0 Å². The smallest absolute Gasteiger partial charge is 0.264 e. The summed E-state index contributed by atoms with van der Waals surface area (Å²) in [7, 11) is -2.53. The summed E-state index contributed by atoms with van der Waals surface area (Å²) in [6.07, 6.45) is 1.15. The van der Waals surface area contributed by atoms with Crippen LogP contribution in [-0.4, -0.2) is 51.4 Å². The van der Waals surface area contributed by atoms with E-state index in [0.29, 0.717) is 24.4 Å². The molecular formula is C32H41N3O5S. The van der Waals surface area contributed by atoms with E-state index in [2.05, 4.69) is 5.32 Å². The molecule has 3 aromatic rings. The number of carbonyl (C=O) groups excluding carboxylic acids is 2. The average Bonchev–Trinajstić information content (AvgIpc) is 2.99. The third kappa shape index (κ3) is 8.33. The van der Waals surface area contributed by atoms with Crippen molar-refractivity contribution in [2.75, 3.05) is 24.5 Å². The van der Waals surface area contributed by atoms with Crippen molar-refractivity contribution in [1.82, 2.24) is 10.2 Å². The van der Waals surface area contributed by atoms with Crippen LogP contribution in [0.25, 0.3) is 0 Å². The van der Waals surface area contributed by atoms with Crippen LogP contribution in [0.5, 0.6) is 5.75 Å². The summed E-state index contributed by atoms with van der Waals surface area (Å²) in [5, 5.41) is 2.94. The first-order valence-corrected chi connectivity index (χ1v) is 15.4. The van der Waals surface area contributed by atoms with E-state index in [9.17, 15) is 18.0 Å². The Labute approximate surface area is 244 Å². The Morgan fingerprint density at radius 2 is 1.59 bits per heavy atom. The molecule has 0 aliphatic carbocycles. The molecule has 0 fully saturated rings. The molecule has 220 valence electrons. The van der Waals surface area contributed by atoms with Crippen LogP contribution >= 0.6 is 0 Å². The van der Waals surface area contributed by atoms with E-state index >= 15 is 0 Å². The fourth-order valence-corrected chi connectivity index (χ4v) is 5.89. The number of ether oxygens (including phenoxy) is 1. The number of rotatable bonds is 14. The SMILES string of the molecule is CCc1ccc(N(CC(=O)N(Cc2cccc(OC)c2)[C@@H](CC)C(=O)NCC(C)C)S(=O)(=O)c2ccccc2)cc1. The first kappa shape index (κ1) is 31.7. The highest BCUT2D eigenvalue weighted by Crippen LogP contribution is 2.26. The van der Waals surface area contributed by atoms with E-state index < -0.39 is 28.5 Å². The predicted octanol–water partition coefficient (Wildman–Crippen LogP) is 5.03. The van der Waals surface area contributed by atoms with Crippen LogP contribution in [0.1, 0.15) is 45.2 Å². The number of hydrogen-bond acceptors (Lipinski definition) is 5. The zero-order valence-corrected chi connectivity index (χ0v) is 25.4. The minimum absolute atomic E-state index is 0.0773. The van der Waals surface area contributed by atoms with E-state index in [1.165, 1.54) is 17.0 Å². The maximum absolute atomic E-state index is 14.1. The van der Waals surface area contributed by atoms with Crippen LogP contribution in [0, 0.1) is 5.92 Å². The lowest BCUT2D eigenvalue weighted by Gasteiger charge is -2.33. The van der Waals surface area contributed by atoms with Crippen molar-refractivity contribution in [1.29, 1.82) is 0 Å². The largest absolute Gasteiger partial charge is 0.497 e. The molecule has 0 radical (unpaired) electrons. The summed E-state index contributed by atoms with van der Waals surface area (Å²) >= 11 is 0. The van der Waals surface area contributed by atoms with Gasteiger partial charge in [0.25, 0.3) is 10.0 Å². The van der Waals surface area contributed by atoms with Gasteiger partial charge >= 0.3 is 0 Å². The van der Waals surface area contributed by atoms with Crippen molar-refractivity contribution in [3.63, 3.8) is 0 Å². The number of carbonyl (C=O) groups is 2. The van der Waals surface area contributed by atoms with Crippen LogP contribution in [0.4, 0.5) is 5.69 Å². The number of nitrogens with one attached hydrogen (secondary N) is 1. The molecule has 3 aromatic carbocycles. The second-order valence-electron chi connectivity index (χ2n) is 10.3. The fourth-order valence-electron chi connectivity index (χ4n) is 4.46. The molecule has 0 aromatic heterocycles. The lowest BCUT2D eigenvalue weighted by Crippen LogP contribution is -2.52. The Bertz CT molecular complexity index is 1390. The molecule has 0 saturated carbocycles. The zero-order valence-electron chi connectivity index (χ0n) is 24.5. The highest BCUT2D eigenvalue weighted by atomic mass is 32.2. The first-order valence-electron chi connectivity index (χ1n) is 14.0. The molecule has 0 spiro atoms. The molecule has 0 bridgehead atoms. The third-order valence-electron chi connectivity index (χ3n) is 6.80. The Morgan fingerprint density at radius 3 is 2.17 bits per heavy atom. The predicted molar refractivity (Wildman–Crippen MR) is 162 cm³/mol. The zero-order chi connectivity index (χ0) is 30.0. The number of hydrogen-bond donors (Lipinski definition) is 1. The van der Waals surface area contributed by atoms with E-state index in [1.807, 2.05) is 52.0 Å². The minimum Gasteiger partial charge on any atom is -0.497 e. The van der Waals surface area contributed by atoms with Crippen molar-refractivity contribution in [2.24, 2.45) is 5.92 Å². The number of benzene rings is 3. The summed E-state index contributed by atoms with van der Waals surface area (Å²) in [6, 6.07) is 21.7. The standard InChI is InChI=1S/C32H41N3O5S/c1-6-25-16-18-27(19-17-25)35(41(38,39)29-14-9-8-10-15-29)23-31(36)34(22-26-12-11-13-28(20-26)40-5)30(7-2)32(37)33-21-24(3)4/h8-20,24,30H,6-7,21-23H2,1-5H3,(H,33,37)/t30-/m0/s1. The van der Waals surface area contributed by atoms with Crippen molar-refractivity contribution >= 4 is 27.5 Å². The maximum Gasteiger partial charge on any atom is 0.264 e. The molecule has 0 aliphatic heterocycles. The molecule has 2 amide bonds. The van der Waals surface area contributed by atoms with Gasteiger partial charge in [-0.05, 0) is 66.3 Å². The second-order valence-corrected chi connectivity index (χ2v) is 12.1. The van der Waals surface area contributed by atoms with Crippen LogP contribution in [0.2, 0.25) is 0 Å². The average molecular weight is 580 g/mol. The number of aryl methyl sites for hydroxylation is 1. The van der Waals surface area contributed by atoms with Gasteiger partial charge in [-0.25, -0.2) is 8.42 Å². The Morgan fingerprint density at radius 1 is 0.902 bits per heavy atom. The molecule has 0 aliphatic rings. The third-order valence-corrected chi connectivity index (χ3v) is 8.59. The summed E-state index contributed by atoms with van der Waals surface area (Å²) in [5.41, 5.74) is 2.18. The number of methoxy groups -OCH3 is 1. The molecule has 3 rings (SSSR count). The van der Waals surface area contributed by atoms with Gasteiger partial charge in [0, 0.05) is 13.1 Å². The van der Waals surface area contributed by atoms with E-state index in [1.54, 1.807) is 49.6 Å². The fraction of sp³-hybridized carbons (Fsp3) is 0.375. The molecule has 41 heavy (non-hydrogen) atoms. The summed E-state index contributed by atoms with van der Waals surface area (Å²) < 4.78 is 34.3. The molecule has 1 atom stereocenters. The highest BCUT2D eigenvalue weighted by Gasteiger charge is 2.33. The Kier molecular flexibility index (Phi) is 11.3. The van der Waals surface area contributed by atoms with Gasteiger partial charge in [-0.3, -0.25) is 13.9 Å². The van der Waals surface area contributed by atoms with Gasteiger partial charge in [-0.2, -0.15) is 0 Å². The molecule has 1 N–H and O–H groups in total. The molecule has 0 saturated heterocycles. The molecule has 9 heteroatoms. The van der Waals surface area contributed by atoms with Gasteiger partial charge in [-0.1, -0.05) is 70.2 Å². The maximum atomic E-state index is 14.1. The second kappa shape index (κ2) is 14.7. The van der Waals surface area contributed by atoms with Gasteiger partial charge in [0.1, 0.15) is 18.3 Å². The Hall–Kier alpha value is -3.85. The number of sulfonamides is 1.